The summed E-state index contributed by atoms with van der Waals surface area (Å²) in [6, 6.07) is 15.8. The molecule has 2 aromatic rings. The molecule has 1 heteroatoms. The number of rotatable bonds is 4. The average Bonchev–Trinajstić information content (AvgIpc) is 2.41. The highest BCUT2D eigenvalue weighted by Crippen LogP contribution is 2.25. The smallest absolute Gasteiger partial charge is 0.126 e. The predicted octanol–water partition coefficient (Wildman–Crippen LogP) is 4.29. The number of phenols is 1. The van der Waals surface area contributed by atoms with Crippen molar-refractivity contribution in [2.24, 2.45) is 0 Å². The molecule has 0 saturated carbocycles. The molecule has 1 nitrogen and oxygen atoms in total. The molecular weight excluding hydrogens is 220 g/mol. The third-order valence-electron chi connectivity index (χ3n) is 2.77. The molecule has 18 heavy (non-hydrogen) atoms. The first-order valence-corrected chi connectivity index (χ1v) is 5.96. The van der Waals surface area contributed by atoms with E-state index in [9.17, 15) is 5.11 Å². The molecule has 0 fully saturated rings. The van der Waals surface area contributed by atoms with Crippen LogP contribution in [0.25, 0.3) is 12.2 Å². The molecule has 0 saturated heterocycles. The van der Waals surface area contributed by atoms with Gasteiger partial charge in [-0.1, -0.05) is 66.8 Å². The molecule has 2 rings (SSSR count). The molecule has 0 amide bonds. The minimum Gasteiger partial charge on any atom is -0.507 e. The lowest BCUT2D eigenvalue weighted by molar-refractivity contribution is 0.468. The number of para-hydroxylation sites is 1. The lowest BCUT2D eigenvalue weighted by Gasteiger charge is -2.04. The largest absolute Gasteiger partial charge is 0.507 e. The summed E-state index contributed by atoms with van der Waals surface area (Å²) in [4.78, 5) is 0. The van der Waals surface area contributed by atoms with E-state index < -0.39 is 0 Å². The molecule has 1 N–H and O–H groups in total. The van der Waals surface area contributed by atoms with Crippen LogP contribution >= 0.6 is 0 Å². The lowest BCUT2D eigenvalue weighted by Crippen LogP contribution is -1.84. The Balaban J connectivity index is 2.27. The SMILES string of the molecule is C=CCc1cccc(/C=C/c2ccccc2)c1O. The van der Waals surface area contributed by atoms with E-state index >= 15 is 0 Å². The number of benzene rings is 2. The van der Waals surface area contributed by atoms with Gasteiger partial charge < -0.3 is 5.11 Å². The summed E-state index contributed by atoms with van der Waals surface area (Å²) in [5.41, 5.74) is 2.85. The summed E-state index contributed by atoms with van der Waals surface area (Å²) in [7, 11) is 0. The summed E-state index contributed by atoms with van der Waals surface area (Å²) in [6.07, 6.45) is 6.39. The van der Waals surface area contributed by atoms with E-state index in [1.807, 2.05) is 60.7 Å². The second kappa shape index (κ2) is 5.87. The fourth-order valence-electron chi connectivity index (χ4n) is 1.82. The minimum atomic E-state index is 0.338. The Morgan fingerprint density at radius 2 is 1.72 bits per heavy atom. The van der Waals surface area contributed by atoms with Gasteiger partial charge in [0.2, 0.25) is 0 Å². The van der Waals surface area contributed by atoms with Crippen LogP contribution in [0.1, 0.15) is 16.7 Å². The van der Waals surface area contributed by atoms with E-state index in [1.54, 1.807) is 6.08 Å². The molecular formula is C17H16O. The zero-order valence-electron chi connectivity index (χ0n) is 10.2. The molecule has 90 valence electrons. The maximum atomic E-state index is 10.1. The van der Waals surface area contributed by atoms with E-state index in [4.69, 9.17) is 0 Å². The Hall–Kier alpha value is -2.28. The van der Waals surface area contributed by atoms with Gasteiger partial charge in [0.25, 0.3) is 0 Å². The maximum absolute atomic E-state index is 10.1. The van der Waals surface area contributed by atoms with Gasteiger partial charge in [-0.25, -0.2) is 0 Å². The average molecular weight is 236 g/mol. The zero-order valence-corrected chi connectivity index (χ0v) is 10.2. The standard InChI is InChI=1S/C17H16O/c1-2-7-15-10-6-11-16(17(15)18)13-12-14-8-4-3-5-9-14/h2-6,8-13,18H,1,7H2/b13-12+. The van der Waals surface area contributed by atoms with Crippen molar-refractivity contribution in [2.75, 3.05) is 0 Å². The highest BCUT2D eigenvalue weighted by Gasteiger charge is 2.02. The summed E-state index contributed by atoms with van der Waals surface area (Å²) in [6.45, 7) is 3.69. The van der Waals surface area contributed by atoms with Crippen molar-refractivity contribution in [3.05, 3.63) is 77.9 Å². The van der Waals surface area contributed by atoms with Crippen LogP contribution in [-0.2, 0) is 6.42 Å². The quantitative estimate of drug-likeness (QED) is 0.620. The fourth-order valence-corrected chi connectivity index (χ4v) is 1.82. The van der Waals surface area contributed by atoms with Gasteiger partial charge in [-0.3, -0.25) is 0 Å². The number of hydrogen-bond donors (Lipinski definition) is 1. The number of allylic oxidation sites excluding steroid dienone is 1. The van der Waals surface area contributed by atoms with Crippen LogP contribution in [-0.4, -0.2) is 5.11 Å². The number of phenolic OH excluding ortho intramolecular Hbond substituents is 1. The molecule has 0 aliphatic carbocycles. The second-order valence-corrected chi connectivity index (χ2v) is 4.09. The van der Waals surface area contributed by atoms with E-state index in [0.717, 1.165) is 16.7 Å². The Morgan fingerprint density at radius 3 is 2.44 bits per heavy atom. The molecule has 0 aliphatic rings. The van der Waals surface area contributed by atoms with Crippen LogP contribution in [0.3, 0.4) is 0 Å². The molecule has 0 radical (unpaired) electrons. The highest BCUT2D eigenvalue weighted by atomic mass is 16.3. The van der Waals surface area contributed by atoms with Crippen molar-refractivity contribution in [2.45, 2.75) is 6.42 Å². The van der Waals surface area contributed by atoms with Gasteiger partial charge in [0.1, 0.15) is 5.75 Å². The van der Waals surface area contributed by atoms with Crippen molar-refractivity contribution >= 4 is 12.2 Å². The third kappa shape index (κ3) is 2.89. The van der Waals surface area contributed by atoms with Gasteiger partial charge in [0, 0.05) is 5.56 Å². The van der Waals surface area contributed by atoms with E-state index in [2.05, 4.69) is 6.58 Å². The summed E-state index contributed by atoms with van der Waals surface area (Å²) in [5, 5.41) is 10.1. The van der Waals surface area contributed by atoms with Crippen molar-refractivity contribution in [3.8, 4) is 5.75 Å². The van der Waals surface area contributed by atoms with Crippen molar-refractivity contribution in [1.82, 2.24) is 0 Å². The monoisotopic (exact) mass is 236 g/mol. The molecule has 0 heterocycles. The summed E-state index contributed by atoms with van der Waals surface area (Å²) < 4.78 is 0. The van der Waals surface area contributed by atoms with Gasteiger partial charge in [0.15, 0.2) is 0 Å². The molecule has 0 spiro atoms. The van der Waals surface area contributed by atoms with Crippen LogP contribution < -0.4 is 0 Å². The van der Waals surface area contributed by atoms with Crippen molar-refractivity contribution in [1.29, 1.82) is 0 Å². The topological polar surface area (TPSA) is 20.2 Å². The zero-order chi connectivity index (χ0) is 12.8. The van der Waals surface area contributed by atoms with Crippen LogP contribution in [0, 0.1) is 0 Å². The first kappa shape index (κ1) is 12.2. The molecule has 2 aromatic carbocycles. The number of aromatic hydroxyl groups is 1. The third-order valence-corrected chi connectivity index (χ3v) is 2.77. The lowest BCUT2D eigenvalue weighted by atomic mass is 10.0. The van der Waals surface area contributed by atoms with Gasteiger partial charge in [-0.05, 0) is 17.5 Å². The molecule has 0 atom stereocenters. The molecule has 0 unspecified atom stereocenters. The van der Waals surface area contributed by atoms with Crippen LogP contribution in [0.4, 0.5) is 0 Å². The second-order valence-electron chi connectivity index (χ2n) is 4.09. The van der Waals surface area contributed by atoms with E-state index in [1.165, 1.54) is 0 Å². The van der Waals surface area contributed by atoms with E-state index in [0.29, 0.717) is 12.2 Å². The van der Waals surface area contributed by atoms with Gasteiger partial charge >= 0.3 is 0 Å². The number of hydrogen-bond acceptors (Lipinski definition) is 1. The van der Waals surface area contributed by atoms with Crippen LogP contribution in [0.5, 0.6) is 5.75 Å². The minimum absolute atomic E-state index is 0.338. The summed E-state index contributed by atoms with van der Waals surface area (Å²) >= 11 is 0. The Labute approximate surface area is 108 Å². The predicted molar refractivity (Wildman–Crippen MR) is 77.4 cm³/mol. The first-order chi connectivity index (χ1) is 8.81. The van der Waals surface area contributed by atoms with Crippen LogP contribution in [0.2, 0.25) is 0 Å². The van der Waals surface area contributed by atoms with Gasteiger partial charge in [0.05, 0.1) is 0 Å². The Bertz CT molecular complexity index is 553. The first-order valence-electron chi connectivity index (χ1n) is 5.96. The molecule has 0 bridgehead atoms. The fraction of sp³-hybridized carbons (Fsp3) is 0.0588. The van der Waals surface area contributed by atoms with E-state index in [-0.39, 0.29) is 0 Å². The van der Waals surface area contributed by atoms with Gasteiger partial charge in [-0.15, -0.1) is 6.58 Å². The normalized spacial score (nSPS) is 10.7. The highest BCUT2D eigenvalue weighted by molar-refractivity contribution is 5.73. The Kier molecular flexibility index (Phi) is 3.98. The summed E-state index contributed by atoms with van der Waals surface area (Å²) in [5.74, 6) is 0.338. The Morgan fingerprint density at radius 1 is 0.944 bits per heavy atom. The maximum Gasteiger partial charge on any atom is 0.126 e. The van der Waals surface area contributed by atoms with Crippen LogP contribution in [0.15, 0.2) is 61.2 Å². The van der Waals surface area contributed by atoms with Gasteiger partial charge in [-0.2, -0.15) is 0 Å². The van der Waals surface area contributed by atoms with Crippen molar-refractivity contribution in [3.63, 3.8) is 0 Å². The molecule has 0 aliphatic heterocycles. The van der Waals surface area contributed by atoms with Crippen molar-refractivity contribution < 1.29 is 5.11 Å². The molecule has 0 aromatic heterocycles.